The van der Waals surface area contributed by atoms with Crippen LogP contribution in [-0.4, -0.2) is 13.7 Å². The van der Waals surface area contributed by atoms with Gasteiger partial charge in [-0.05, 0) is 31.0 Å². The Morgan fingerprint density at radius 1 is 1.43 bits per heavy atom. The summed E-state index contributed by atoms with van der Waals surface area (Å²) in [4.78, 5) is 4.53. The molecule has 0 unspecified atom stereocenters. The van der Waals surface area contributed by atoms with Crippen LogP contribution in [-0.2, 0) is 11.3 Å². The molecule has 0 radical (unpaired) electrons. The van der Waals surface area contributed by atoms with Crippen LogP contribution in [0.2, 0.25) is 0 Å². The minimum atomic E-state index is 0.513. The lowest BCUT2D eigenvalue weighted by Gasteiger charge is -2.09. The van der Waals surface area contributed by atoms with Crippen molar-refractivity contribution in [1.29, 1.82) is 0 Å². The second kappa shape index (κ2) is 5.34. The Morgan fingerprint density at radius 2 is 2.14 bits per heavy atom. The molecule has 0 aliphatic carbocycles. The molecule has 0 aliphatic heterocycles. The highest BCUT2D eigenvalue weighted by Gasteiger charge is 2.05. The summed E-state index contributed by atoms with van der Waals surface area (Å²) >= 11 is 3.48. The van der Waals surface area contributed by atoms with E-state index in [-0.39, 0.29) is 0 Å². The van der Waals surface area contributed by atoms with Crippen LogP contribution in [0.4, 0.5) is 0 Å². The fraction of sp³-hybridized carbons (Fsp3) is 0.400. The molecule has 0 aliphatic rings. The molecular formula is C10H14BrNO2. The first-order chi connectivity index (χ1) is 6.69. The zero-order valence-corrected chi connectivity index (χ0v) is 9.93. The van der Waals surface area contributed by atoms with Crippen LogP contribution < -0.4 is 10.6 Å². The van der Waals surface area contributed by atoms with E-state index in [0.29, 0.717) is 6.61 Å². The molecule has 0 heterocycles. The van der Waals surface area contributed by atoms with Crippen molar-refractivity contribution in [2.45, 2.75) is 13.3 Å². The van der Waals surface area contributed by atoms with E-state index >= 15 is 0 Å². The number of benzene rings is 1. The fourth-order valence-electron chi connectivity index (χ4n) is 1.24. The summed E-state index contributed by atoms with van der Waals surface area (Å²) in [6.45, 7) is 2.52. The largest absolute Gasteiger partial charge is 0.496 e. The summed E-state index contributed by atoms with van der Waals surface area (Å²) in [5.74, 6) is 5.85. The first-order valence-corrected chi connectivity index (χ1v) is 5.13. The minimum absolute atomic E-state index is 0.513. The Kier molecular flexibility index (Phi) is 4.38. The number of methoxy groups -OCH3 is 1. The fourth-order valence-corrected chi connectivity index (χ4v) is 1.73. The molecule has 14 heavy (non-hydrogen) atoms. The zero-order chi connectivity index (χ0) is 10.6. The first-order valence-electron chi connectivity index (χ1n) is 4.33. The van der Waals surface area contributed by atoms with Crippen LogP contribution in [0.5, 0.6) is 5.75 Å². The maximum absolute atomic E-state index is 5.24. The molecule has 0 atom stereocenters. The maximum Gasteiger partial charge on any atom is 0.123 e. The number of ether oxygens (including phenoxy) is 1. The summed E-state index contributed by atoms with van der Waals surface area (Å²) in [6, 6.07) is 4.05. The number of hydrogen-bond acceptors (Lipinski definition) is 3. The lowest BCUT2D eigenvalue weighted by molar-refractivity contribution is 0.141. The van der Waals surface area contributed by atoms with E-state index < -0.39 is 0 Å². The summed E-state index contributed by atoms with van der Waals surface area (Å²) in [5.41, 5.74) is 2.25. The van der Waals surface area contributed by atoms with Crippen molar-refractivity contribution < 1.29 is 9.57 Å². The van der Waals surface area contributed by atoms with Gasteiger partial charge in [0.15, 0.2) is 0 Å². The molecule has 1 aromatic carbocycles. The molecule has 1 aromatic rings. The van der Waals surface area contributed by atoms with Gasteiger partial charge in [0.25, 0.3) is 0 Å². The molecule has 0 bridgehead atoms. The molecule has 0 amide bonds. The Morgan fingerprint density at radius 3 is 2.71 bits per heavy atom. The van der Waals surface area contributed by atoms with Gasteiger partial charge in [-0.2, -0.15) is 0 Å². The molecule has 0 saturated carbocycles. The van der Waals surface area contributed by atoms with Crippen molar-refractivity contribution in [3.05, 3.63) is 27.7 Å². The maximum atomic E-state index is 5.24. The summed E-state index contributed by atoms with van der Waals surface area (Å²) in [6.07, 6.45) is 0.783. The van der Waals surface area contributed by atoms with Crippen molar-refractivity contribution in [3.63, 3.8) is 0 Å². The lowest BCUT2D eigenvalue weighted by atomic mass is 10.1. The standard InChI is InChI=1S/C10H14BrNO2/c1-7-9(11)5-8(3-4-14-12)6-10(7)13-2/h5-6H,3-4,12H2,1-2H3. The Bertz CT molecular complexity index is 315. The van der Waals surface area contributed by atoms with Gasteiger partial charge in [0.1, 0.15) is 5.75 Å². The zero-order valence-electron chi connectivity index (χ0n) is 8.34. The van der Waals surface area contributed by atoms with Crippen molar-refractivity contribution in [2.75, 3.05) is 13.7 Å². The van der Waals surface area contributed by atoms with E-state index in [1.165, 1.54) is 0 Å². The SMILES string of the molecule is COc1cc(CCON)cc(Br)c1C. The van der Waals surface area contributed by atoms with Crippen LogP contribution in [0.15, 0.2) is 16.6 Å². The molecule has 0 aromatic heterocycles. The van der Waals surface area contributed by atoms with Crippen LogP contribution in [0, 0.1) is 6.92 Å². The summed E-state index contributed by atoms with van der Waals surface area (Å²) in [7, 11) is 1.66. The molecule has 78 valence electrons. The van der Waals surface area contributed by atoms with Crippen molar-refractivity contribution in [3.8, 4) is 5.75 Å². The van der Waals surface area contributed by atoms with Crippen LogP contribution in [0.1, 0.15) is 11.1 Å². The van der Waals surface area contributed by atoms with E-state index in [2.05, 4.69) is 26.8 Å². The highest BCUT2D eigenvalue weighted by molar-refractivity contribution is 9.10. The summed E-state index contributed by atoms with van der Waals surface area (Å²) < 4.78 is 6.29. The Hall–Kier alpha value is -0.580. The average molecular weight is 260 g/mol. The smallest absolute Gasteiger partial charge is 0.123 e. The molecule has 2 N–H and O–H groups in total. The van der Waals surface area contributed by atoms with Gasteiger partial charge >= 0.3 is 0 Å². The lowest BCUT2D eigenvalue weighted by Crippen LogP contribution is -2.04. The second-order valence-electron chi connectivity index (χ2n) is 3.03. The first kappa shape index (κ1) is 11.5. The van der Waals surface area contributed by atoms with Crippen molar-refractivity contribution in [1.82, 2.24) is 0 Å². The number of hydrogen-bond donors (Lipinski definition) is 1. The molecule has 0 spiro atoms. The topological polar surface area (TPSA) is 44.5 Å². The van der Waals surface area contributed by atoms with Crippen molar-refractivity contribution >= 4 is 15.9 Å². The summed E-state index contributed by atoms with van der Waals surface area (Å²) in [5, 5.41) is 0. The van der Waals surface area contributed by atoms with Crippen LogP contribution in [0.3, 0.4) is 0 Å². The molecule has 3 nitrogen and oxygen atoms in total. The molecule has 1 rings (SSSR count). The van der Waals surface area contributed by atoms with Gasteiger partial charge in [0.2, 0.25) is 0 Å². The number of nitrogens with two attached hydrogens (primary N) is 1. The van der Waals surface area contributed by atoms with Crippen LogP contribution in [0.25, 0.3) is 0 Å². The van der Waals surface area contributed by atoms with Gasteiger partial charge in [0, 0.05) is 10.0 Å². The third kappa shape index (κ3) is 2.70. The van der Waals surface area contributed by atoms with Gasteiger partial charge in [-0.3, -0.25) is 0 Å². The molecule has 0 fully saturated rings. The van der Waals surface area contributed by atoms with E-state index in [0.717, 1.165) is 27.8 Å². The second-order valence-corrected chi connectivity index (χ2v) is 3.88. The van der Waals surface area contributed by atoms with E-state index in [1.807, 2.05) is 13.0 Å². The third-order valence-corrected chi connectivity index (χ3v) is 2.91. The van der Waals surface area contributed by atoms with Crippen molar-refractivity contribution in [2.24, 2.45) is 5.90 Å². The molecule has 0 saturated heterocycles. The van der Waals surface area contributed by atoms with Crippen LogP contribution >= 0.6 is 15.9 Å². The van der Waals surface area contributed by atoms with Gasteiger partial charge in [-0.1, -0.05) is 15.9 Å². The quantitative estimate of drug-likeness (QED) is 0.844. The van der Waals surface area contributed by atoms with Gasteiger partial charge in [-0.15, -0.1) is 0 Å². The van der Waals surface area contributed by atoms with E-state index in [4.69, 9.17) is 10.6 Å². The van der Waals surface area contributed by atoms with E-state index in [1.54, 1.807) is 7.11 Å². The van der Waals surface area contributed by atoms with E-state index in [9.17, 15) is 0 Å². The van der Waals surface area contributed by atoms with Gasteiger partial charge in [0.05, 0.1) is 13.7 Å². The molecule has 4 heteroatoms. The number of rotatable bonds is 4. The third-order valence-electron chi connectivity index (χ3n) is 2.08. The number of halogens is 1. The monoisotopic (exact) mass is 259 g/mol. The average Bonchev–Trinajstić information content (AvgIpc) is 2.19. The predicted molar refractivity (Wildman–Crippen MR) is 59.3 cm³/mol. The van der Waals surface area contributed by atoms with Gasteiger partial charge < -0.3 is 9.57 Å². The predicted octanol–water partition coefficient (Wildman–Crippen LogP) is 2.20. The minimum Gasteiger partial charge on any atom is -0.496 e. The normalized spacial score (nSPS) is 10.3. The highest BCUT2D eigenvalue weighted by Crippen LogP contribution is 2.27. The Balaban J connectivity index is 2.91. The highest BCUT2D eigenvalue weighted by atomic mass is 79.9. The Labute approximate surface area is 92.3 Å². The molecular weight excluding hydrogens is 246 g/mol. The van der Waals surface area contributed by atoms with Gasteiger partial charge in [-0.25, -0.2) is 5.90 Å².